The van der Waals surface area contributed by atoms with Crippen molar-refractivity contribution >= 4 is 17.7 Å². The van der Waals surface area contributed by atoms with Crippen LogP contribution in [0.4, 0.5) is 10.5 Å². The zero-order chi connectivity index (χ0) is 14.2. The Hall–Kier alpha value is -2.04. The van der Waals surface area contributed by atoms with Crippen LogP contribution in [0.25, 0.3) is 0 Å². The summed E-state index contributed by atoms with van der Waals surface area (Å²) in [5.41, 5.74) is 0.791. The van der Waals surface area contributed by atoms with Gasteiger partial charge < -0.3 is 14.6 Å². The number of ether oxygens (including phenoxy) is 1. The summed E-state index contributed by atoms with van der Waals surface area (Å²) in [6.07, 6.45) is 0.0420. The lowest BCUT2D eigenvalue weighted by Crippen LogP contribution is -2.35. The van der Waals surface area contributed by atoms with Gasteiger partial charge in [-0.1, -0.05) is 12.1 Å². The molecular weight excluding hydrogens is 246 g/mol. The molecule has 0 aromatic heterocycles. The van der Waals surface area contributed by atoms with E-state index in [-0.39, 0.29) is 5.56 Å². The molecule has 0 saturated carbocycles. The molecule has 0 spiro atoms. The third-order valence-corrected chi connectivity index (χ3v) is 2.86. The number of anilines is 1. The van der Waals surface area contributed by atoms with Gasteiger partial charge in [0.05, 0.1) is 11.7 Å². The highest BCUT2D eigenvalue weighted by molar-refractivity contribution is 5.96. The second-order valence-electron chi connectivity index (χ2n) is 5.47. The van der Waals surface area contributed by atoms with Crippen LogP contribution in [0.1, 0.15) is 36.7 Å². The SMILES string of the molecule is CC(C)(C)OC(=O)N1CCc2c(C(=O)[O-])cccc21. The number of hydrogen-bond donors (Lipinski definition) is 0. The molecule has 0 aliphatic carbocycles. The van der Waals surface area contributed by atoms with Crippen molar-refractivity contribution in [3.8, 4) is 0 Å². The highest BCUT2D eigenvalue weighted by Gasteiger charge is 2.30. The van der Waals surface area contributed by atoms with Crippen molar-refractivity contribution in [2.75, 3.05) is 11.4 Å². The summed E-state index contributed by atoms with van der Waals surface area (Å²) in [5, 5.41) is 11.0. The Labute approximate surface area is 111 Å². The summed E-state index contributed by atoms with van der Waals surface area (Å²) in [6.45, 7) is 5.80. The minimum Gasteiger partial charge on any atom is -0.545 e. The van der Waals surface area contributed by atoms with E-state index in [2.05, 4.69) is 0 Å². The zero-order valence-electron chi connectivity index (χ0n) is 11.2. The Morgan fingerprint density at radius 1 is 1.32 bits per heavy atom. The van der Waals surface area contributed by atoms with Crippen molar-refractivity contribution in [1.82, 2.24) is 0 Å². The monoisotopic (exact) mass is 262 g/mol. The molecule has 1 aromatic carbocycles. The average molecular weight is 262 g/mol. The summed E-state index contributed by atoms with van der Waals surface area (Å²) < 4.78 is 5.30. The molecule has 2 rings (SSSR count). The number of amides is 1. The van der Waals surface area contributed by atoms with Gasteiger partial charge in [-0.2, -0.15) is 0 Å². The number of aromatic carboxylic acids is 1. The minimum atomic E-state index is -1.22. The average Bonchev–Trinajstić information content (AvgIpc) is 2.69. The maximum absolute atomic E-state index is 12.0. The molecule has 0 radical (unpaired) electrons. The Balaban J connectivity index is 2.30. The number of carbonyl (C=O) groups excluding carboxylic acids is 2. The molecule has 1 heterocycles. The van der Waals surface area contributed by atoms with Crippen LogP contribution >= 0.6 is 0 Å². The van der Waals surface area contributed by atoms with E-state index in [0.29, 0.717) is 24.2 Å². The Morgan fingerprint density at radius 3 is 2.58 bits per heavy atom. The van der Waals surface area contributed by atoms with Crippen LogP contribution in [0.3, 0.4) is 0 Å². The highest BCUT2D eigenvalue weighted by atomic mass is 16.6. The largest absolute Gasteiger partial charge is 0.545 e. The predicted octanol–water partition coefficient (Wildman–Crippen LogP) is 1.35. The Bertz CT molecular complexity index is 531. The van der Waals surface area contributed by atoms with Gasteiger partial charge in [-0.15, -0.1) is 0 Å². The lowest BCUT2D eigenvalue weighted by molar-refractivity contribution is -0.255. The van der Waals surface area contributed by atoms with Gasteiger partial charge in [0.15, 0.2) is 0 Å². The van der Waals surface area contributed by atoms with Crippen molar-refractivity contribution in [1.29, 1.82) is 0 Å². The third kappa shape index (κ3) is 2.70. The van der Waals surface area contributed by atoms with E-state index < -0.39 is 17.7 Å². The van der Waals surface area contributed by atoms with E-state index in [9.17, 15) is 14.7 Å². The summed E-state index contributed by atoms with van der Waals surface area (Å²) in [6, 6.07) is 4.82. The van der Waals surface area contributed by atoms with Crippen LogP contribution in [0.2, 0.25) is 0 Å². The normalized spacial score (nSPS) is 14.2. The van der Waals surface area contributed by atoms with Crippen LogP contribution in [-0.4, -0.2) is 24.2 Å². The van der Waals surface area contributed by atoms with E-state index in [0.717, 1.165) is 0 Å². The lowest BCUT2D eigenvalue weighted by Gasteiger charge is -2.25. The van der Waals surface area contributed by atoms with Crippen molar-refractivity contribution in [2.45, 2.75) is 32.8 Å². The van der Waals surface area contributed by atoms with Gasteiger partial charge in [0, 0.05) is 12.1 Å². The van der Waals surface area contributed by atoms with Gasteiger partial charge in [-0.05, 0) is 38.8 Å². The molecule has 102 valence electrons. The van der Waals surface area contributed by atoms with Crippen molar-refractivity contribution in [3.63, 3.8) is 0 Å². The second kappa shape index (κ2) is 4.57. The van der Waals surface area contributed by atoms with Crippen LogP contribution < -0.4 is 10.0 Å². The van der Waals surface area contributed by atoms with Crippen molar-refractivity contribution < 1.29 is 19.4 Å². The first-order valence-electron chi connectivity index (χ1n) is 6.13. The first-order chi connectivity index (χ1) is 8.79. The highest BCUT2D eigenvalue weighted by Crippen LogP contribution is 2.31. The number of carboxylic acid groups (broad SMARTS) is 1. The van der Waals surface area contributed by atoms with Gasteiger partial charge in [0.1, 0.15) is 5.60 Å². The fraction of sp³-hybridized carbons (Fsp3) is 0.429. The maximum Gasteiger partial charge on any atom is 0.414 e. The predicted molar refractivity (Wildman–Crippen MR) is 68.1 cm³/mol. The third-order valence-electron chi connectivity index (χ3n) is 2.86. The van der Waals surface area contributed by atoms with E-state index in [4.69, 9.17) is 4.74 Å². The van der Waals surface area contributed by atoms with Crippen molar-refractivity contribution in [3.05, 3.63) is 29.3 Å². The lowest BCUT2D eigenvalue weighted by atomic mass is 10.1. The smallest absolute Gasteiger partial charge is 0.414 e. The molecule has 1 aliphatic rings. The van der Waals surface area contributed by atoms with E-state index in [1.54, 1.807) is 32.9 Å². The number of carbonyl (C=O) groups is 2. The van der Waals surface area contributed by atoms with Gasteiger partial charge in [-0.25, -0.2) is 4.79 Å². The summed E-state index contributed by atoms with van der Waals surface area (Å²) in [5.74, 6) is -1.22. The number of carboxylic acids is 1. The van der Waals surface area contributed by atoms with E-state index in [1.807, 2.05) is 0 Å². The Kier molecular flexibility index (Phi) is 3.22. The first kappa shape index (κ1) is 13.4. The molecule has 0 fully saturated rings. The van der Waals surface area contributed by atoms with Crippen molar-refractivity contribution in [2.24, 2.45) is 0 Å². The quantitative estimate of drug-likeness (QED) is 0.766. The zero-order valence-corrected chi connectivity index (χ0v) is 11.2. The molecule has 0 atom stereocenters. The fourth-order valence-electron chi connectivity index (χ4n) is 2.13. The molecule has 19 heavy (non-hydrogen) atoms. The van der Waals surface area contributed by atoms with Crippen LogP contribution in [0.15, 0.2) is 18.2 Å². The summed E-state index contributed by atoms with van der Waals surface area (Å²) in [7, 11) is 0. The molecule has 5 nitrogen and oxygen atoms in total. The molecule has 0 N–H and O–H groups in total. The molecular formula is C14H16NO4-. The maximum atomic E-state index is 12.0. The molecule has 1 aliphatic heterocycles. The number of fused-ring (bicyclic) bond motifs is 1. The topological polar surface area (TPSA) is 69.7 Å². The van der Waals surface area contributed by atoms with Crippen LogP contribution in [0, 0.1) is 0 Å². The standard InChI is InChI=1S/C14H17NO4/c1-14(2,3)19-13(18)15-8-7-9-10(12(16)17)5-4-6-11(9)15/h4-6H,7-8H2,1-3H3,(H,16,17)/p-1. The number of hydrogen-bond acceptors (Lipinski definition) is 4. The molecule has 1 amide bonds. The molecule has 0 bridgehead atoms. The second-order valence-corrected chi connectivity index (χ2v) is 5.47. The molecule has 0 saturated heterocycles. The van der Waals surface area contributed by atoms with Gasteiger partial charge in [0.25, 0.3) is 0 Å². The minimum absolute atomic E-state index is 0.142. The Morgan fingerprint density at radius 2 is 2.00 bits per heavy atom. The first-order valence-corrected chi connectivity index (χ1v) is 6.13. The van der Waals surface area contributed by atoms with Gasteiger partial charge in [-0.3, -0.25) is 4.90 Å². The molecule has 0 unspecified atom stereocenters. The number of benzene rings is 1. The van der Waals surface area contributed by atoms with Gasteiger partial charge in [0.2, 0.25) is 0 Å². The van der Waals surface area contributed by atoms with Crippen LogP contribution in [0.5, 0.6) is 0 Å². The number of rotatable bonds is 1. The molecule has 5 heteroatoms. The van der Waals surface area contributed by atoms with E-state index >= 15 is 0 Å². The van der Waals surface area contributed by atoms with Crippen LogP contribution in [-0.2, 0) is 11.2 Å². The summed E-state index contributed by atoms with van der Waals surface area (Å²) >= 11 is 0. The summed E-state index contributed by atoms with van der Waals surface area (Å²) in [4.78, 5) is 24.5. The number of nitrogens with zero attached hydrogens (tertiary/aromatic N) is 1. The molecule has 1 aromatic rings. The van der Waals surface area contributed by atoms with Gasteiger partial charge >= 0.3 is 6.09 Å². The fourth-order valence-corrected chi connectivity index (χ4v) is 2.13. The van der Waals surface area contributed by atoms with E-state index in [1.165, 1.54) is 11.0 Å².